The number of carbonyl (C=O) groups excluding carboxylic acids is 1. The number of nitrogens with zero attached hydrogens (tertiary/aromatic N) is 1. The Morgan fingerprint density at radius 2 is 1.83 bits per heavy atom. The summed E-state index contributed by atoms with van der Waals surface area (Å²) in [6, 6.07) is 7.37. The SMILES string of the molecule is CCCCCCCC(=O)c1c(OC(=O)O)n(C)c2ccccc12. The lowest BCUT2D eigenvalue weighted by Crippen LogP contribution is -2.10. The van der Waals surface area contributed by atoms with Crippen molar-refractivity contribution in [2.45, 2.75) is 45.4 Å². The summed E-state index contributed by atoms with van der Waals surface area (Å²) in [5.41, 5.74) is 1.17. The zero-order chi connectivity index (χ0) is 16.8. The molecule has 1 aromatic heterocycles. The molecule has 0 atom stereocenters. The summed E-state index contributed by atoms with van der Waals surface area (Å²) in [7, 11) is 1.71. The first-order valence-electron chi connectivity index (χ1n) is 8.07. The Labute approximate surface area is 135 Å². The molecule has 1 heterocycles. The van der Waals surface area contributed by atoms with E-state index in [1.165, 1.54) is 6.42 Å². The molecule has 0 aliphatic rings. The van der Waals surface area contributed by atoms with Crippen LogP contribution in [0.4, 0.5) is 4.79 Å². The van der Waals surface area contributed by atoms with Gasteiger partial charge in [-0.05, 0) is 12.5 Å². The standard InChI is InChI=1S/C18H23NO4/c1-3-4-5-6-7-12-15(20)16-13-10-8-9-11-14(13)19(2)17(16)23-18(21)22/h8-11H,3-7,12H2,1-2H3,(H,21,22). The highest BCUT2D eigenvalue weighted by Crippen LogP contribution is 2.32. The lowest BCUT2D eigenvalue weighted by Gasteiger charge is -2.05. The van der Waals surface area contributed by atoms with Gasteiger partial charge in [0.25, 0.3) is 0 Å². The van der Waals surface area contributed by atoms with Crippen molar-refractivity contribution in [2.24, 2.45) is 7.05 Å². The van der Waals surface area contributed by atoms with Crippen LogP contribution in [0, 0.1) is 0 Å². The molecule has 0 aliphatic heterocycles. The number of carbonyl (C=O) groups is 2. The molecule has 124 valence electrons. The number of aromatic nitrogens is 1. The van der Waals surface area contributed by atoms with E-state index in [9.17, 15) is 9.59 Å². The molecule has 0 bridgehead atoms. The van der Waals surface area contributed by atoms with Crippen LogP contribution in [0.3, 0.4) is 0 Å². The number of hydrogen-bond acceptors (Lipinski definition) is 3. The molecule has 23 heavy (non-hydrogen) atoms. The van der Waals surface area contributed by atoms with Crippen molar-refractivity contribution in [3.05, 3.63) is 29.8 Å². The van der Waals surface area contributed by atoms with Gasteiger partial charge >= 0.3 is 6.16 Å². The molecule has 0 radical (unpaired) electrons. The minimum atomic E-state index is -1.41. The summed E-state index contributed by atoms with van der Waals surface area (Å²) in [6.45, 7) is 2.15. The second-order valence-electron chi connectivity index (χ2n) is 5.71. The summed E-state index contributed by atoms with van der Waals surface area (Å²) in [4.78, 5) is 23.6. The molecule has 2 rings (SSSR count). The van der Waals surface area contributed by atoms with E-state index in [4.69, 9.17) is 9.84 Å². The van der Waals surface area contributed by atoms with Gasteiger partial charge in [-0.1, -0.05) is 50.8 Å². The minimum Gasteiger partial charge on any atom is -0.449 e. The van der Waals surface area contributed by atoms with Gasteiger partial charge in [-0.15, -0.1) is 0 Å². The Bertz CT molecular complexity index is 702. The highest BCUT2D eigenvalue weighted by atomic mass is 16.7. The predicted octanol–water partition coefficient (Wildman–Crippen LogP) is 4.78. The van der Waals surface area contributed by atoms with Gasteiger partial charge in [0, 0.05) is 18.9 Å². The van der Waals surface area contributed by atoms with E-state index < -0.39 is 6.16 Å². The van der Waals surface area contributed by atoms with Crippen LogP contribution >= 0.6 is 0 Å². The van der Waals surface area contributed by atoms with Gasteiger partial charge < -0.3 is 14.4 Å². The summed E-state index contributed by atoms with van der Waals surface area (Å²) < 4.78 is 6.50. The first kappa shape index (κ1) is 17.1. The first-order valence-corrected chi connectivity index (χ1v) is 8.07. The number of hydrogen-bond donors (Lipinski definition) is 1. The van der Waals surface area contributed by atoms with Crippen molar-refractivity contribution in [1.82, 2.24) is 4.57 Å². The first-order chi connectivity index (χ1) is 11.1. The molecule has 5 nitrogen and oxygen atoms in total. The average Bonchev–Trinajstić information content (AvgIpc) is 2.79. The predicted molar refractivity (Wildman–Crippen MR) is 89.3 cm³/mol. The van der Waals surface area contributed by atoms with E-state index in [1.54, 1.807) is 11.6 Å². The number of ether oxygens (including phenoxy) is 1. The van der Waals surface area contributed by atoms with Crippen LogP contribution in [0.5, 0.6) is 5.88 Å². The number of aryl methyl sites for hydroxylation is 1. The smallest absolute Gasteiger partial charge is 0.449 e. The lowest BCUT2D eigenvalue weighted by atomic mass is 10.0. The third-order valence-corrected chi connectivity index (χ3v) is 4.02. The number of carboxylic acid groups (broad SMARTS) is 1. The quantitative estimate of drug-likeness (QED) is 0.432. The summed E-state index contributed by atoms with van der Waals surface area (Å²) in [5.74, 6) is 0.0480. The molecule has 2 aromatic rings. The van der Waals surface area contributed by atoms with Crippen molar-refractivity contribution in [3.8, 4) is 5.88 Å². The van der Waals surface area contributed by atoms with Crippen LogP contribution in [0.1, 0.15) is 55.8 Å². The zero-order valence-electron chi connectivity index (χ0n) is 13.7. The molecule has 0 unspecified atom stereocenters. The topological polar surface area (TPSA) is 68.5 Å². The molecular formula is C18H23NO4. The zero-order valence-corrected chi connectivity index (χ0v) is 13.7. The second-order valence-corrected chi connectivity index (χ2v) is 5.71. The number of unbranched alkanes of at least 4 members (excludes halogenated alkanes) is 4. The van der Waals surface area contributed by atoms with Crippen LogP contribution in [-0.2, 0) is 7.05 Å². The van der Waals surface area contributed by atoms with Crippen LogP contribution < -0.4 is 4.74 Å². The number of Topliss-reactive ketones (excluding diaryl/α,β-unsaturated/α-hetero) is 1. The Balaban J connectivity index is 2.26. The van der Waals surface area contributed by atoms with Gasteiger partial charge in [-0.25, -0.2) is 4.79 Å². The lowest BCUT2D eigenvalue weighted by molar-refractivity contribution is 0.0975. The van der Waals surface area contributed by atoms with E-state index in [2.05, 4.69) is 6.92 Å². The van der Waals surface area contributed by atoms with Crippen molar-refractivity contribution in [2.75, 3.05) is 0 Å². The Morgan fingerprint density at radius 3 is 2.52 bits per heavy atom. The minimum absolute atomic E-state index is 0.0606. The molecule has 0 saturated carbocycles. The molecule has 0 amide bonds. The van der Waals surface area contributed by atoms with Gasteiger partial charge in [0.2, 0.25) is 5.88 Å². The van der Waals surface area contributed by atoms with Crippen molar-refractivity contribution < 1.29 is 19.4 Å². The van der Waals surface area contributed by atoms with E-state index in [0.717, 1.165) is 36.6 Å². The largest absolute Gasteiger partial charge is 0.512 e. The van der Waals surface area contributed by atoms with Gasteiger partial charge in [0.15, 0.2) is 5.78 Å². The Hall–Kier alpha value is -2.30. The van der Waals surface area contributed by atoms with Gasteiger partial charge in [-0.2, -0.15) is 0 Å². The van der Waals surface area contributed by atoms with Gasteiger partial charge in [-0.3, -0.25) is 4.79 Å². The highest BCUT2D eigenvalue weighted by Gasteiger charge is 2.23. The number of para-hydroxylation sites is 1. The Kier molecular flexibility index (Phi) is 5.79. The molecule has 5 heteroatoms. The number of ketones is 1. The molecule has 1 N–H and O–H groups in total. The van der Waals surface area contributed by atoms with E-state index in [-0.39, 0.29) is 11.7 Å². The molecule has 0 saturated heterocycles. The van der Waals surface area contributed by atoms with Crippen LogP contribution in [0.25, 0.3) is 10.9 Å². The summed E-state index contributed by atoms with van der Waals surface area (Å²) in [6.07, 6.45) is 4.29. The maximum atomic E-state index is 12.6. The van der Waals surface area contributed by atoms with Crippen molar-refractivity contribution >= 4 is 22.8 Å². The maximum absolute atomic E-state index is 12.6. The van der Waals surface area contributed by atoms with Gasteiger partial charge in [0.05, 0.1) is 11.1 Å². The molecule has 0 spiro atoms. The van der Waals surface area contributed by atoms with Crippen LogP contribution in [0.15, 0.2) is 24.3 Å². The number of fused-ring (bicyclic) bond motifs is 1. The van der Waals surface area contributed by atoms with E-state index >= 15 is 0 Å². The van der Waals surface area contributed by atoms with Crippen molar-refractivity contribution in [1.29, 1.82) is 0 Å². The van der Waals surface area contributed by atoms with E-state index in [1.807, 2.05) is 24.3 Å². The Morgan fingerprint density at radius 1 is 1.13 bits per heavy atom. The fourth-order valence-electron chi connectivity index (χ4n) is 2.86. The fourth-order valence-corrected chi connectivity index (χ4v) is 2.86. The summed E-state index contributed by atoms with van der Waals surface area (Å²) >= 11 is 0. The van der Waals surface area contributed by atoms with Gasteiger partial charge in [0.1, 0.15) is 0 Å². The normalized spacial score (nSPS) is 10.9. The monoisotopic (exact) mass is 317 g/mol. The van der Waals surface area contributed by atoms with Crippen molar-refractivity contribution in [3.63, 3.8) is 0 Å². The van der Waals surface area contributed by atoms with Crippen LogP contribution in [0.2, 0.25) is 0 Å². The maximum Gasteiger partial charge on any atom is 0.512 e. The average molecular weight is 317 g/mol. The molecule has 0 fully saturated rings. The molecule has 1 aromatic carbocycles. The second kappa shape index (κ2) is 7.81. The fraction of sp³-hybridized carbons (Fsp3) is 0.444. The number of benzene rings is 1. The summed E-state index contributed by atoms with van der Waals surface area (Å²) in [5, 5.41) is 9.69. The third kappa shape index (κ3) is 3.92. The van der Waals surface area contributed by atoms with E-state index in [0.29, 0.717) is 12.0 Å². The molecular weight excluding hydrogens is 294 g/mol. The number of rotatable bonds is 8. The molecule has 0 aliphatic carbocycles. The van der Waals surface area contributed by atoms with Crippen LogP contribution in [-0.4, -0.2) is 21.6 Å². The highest BCUT2D eigenvalue weighted by molar-refractivity contribution is 6.11. The third-order valence-electron chi connectivity index (χ3n) is 4.02.